The second kappa shape index (κ2) is 3.09. The van der Waals surface area contributed by atoms with Crippen molar-refractivity contribution in [2.45, 2.75) is 6.92 Å². The predicted octanol–water partition coefficient (Wildman–Crippen LogP) is 0.612. The molecular formula is C7H10N2O2. The summed E-state index contributed by atoms with van der Waals surface area (Å²) in [6, 6.07) is 3.09. The molecule has 4 nitrogen and oxygen atoms in total. The first kappa shape index (κ1) is 7.65. The number of hydrogen-bond donors (Lipinski definition) is 2. The van der Waals surface area contributed by atoms with Crippen LogP contribution in [0.4, 0.5) is 5.88 Å². The molecule has 0 bridgehead atoms. The fraction of sp³-hybridized carbons (Fsp3) is 0.286. The van der Waals surface area contributed by atoms with Crippen molar-refractivity contribution in [2.24, 2.45) is 0 Å². The summed E-state index contributed by atoms with van der Waals surface area (Å²) in [6.07, 6.45) is 0. The van der Waals surface area contributed by atoms with Crippen molar-refractivity contribution in [1.29, 1.82) is 0 Å². The van der Waals surface area contributed by atoms with Crippen LogP contribution >= 0.6 is 0 Å². The zero-order valence-electron chi connectivity index (χ0n) is 6.26. The van der Waals surface area contributed by atoms with Gasteiger partial charge in [0.1, 0.15) is 0 Å². The lowest BCUT2D eigenvalue weighted by Crippen LogP contribution is -2.21. The van der Waals surface area contributed by atoms with Gasteiger partial charge in [-0.15, -0.1) is 0 Å². The van der Waals surface area contributed by atoms with Crippen molar-refractivity contribution in [3.8, 4) is 0 Å². The van der Waals surface area contributed by atoms with E-state index in [9.17, 15) is 4.79 Å². The molecule has 0 aliphatic carbocycles. The van der Waals surface area contributed by atoms with Crippen LogP contribution < -0.4 is 11.1 Å². The van der Waals surface area contributed by atoms with Crippen LogP contribution in [0.1, 0.15) is 17.5 Å². The van der Waals surface area contributed by atoms with E-state index in [1.807, 2.05) is 6.92 Å². The minimum absolute atomic E-state index is 0.232. The highest BCUT2D eigenvalue weighted by atomic mass is 16.4. The molecule has 0 saturated carbocycles. The molecule has 60 valence electrons. The molecule has 0 atom stereocenters. The van der Waals surface area contributed by atoms with E-state index in [1.54, 1.807) is 12.1 Å². The molecule has 1 heterocycles. The summed E-state index contributed by atoms with van der Waals surface area (Å²) in [7, 11) is 0. The van der Waals surface area contributed by atoms with E-state index < -0.39 is 0 Å². The third-order valence-electron chi connectivity index (χ3n) is 1.19. The van der Waals surface area contributed by atoms with Crippen molar-refractivity contribution in [3.63, 3.8) is 0 Å². The van der Waals surface area contributed by atoms with Gasteiger partial charge in [0, 0.05) is 12.6 Å². The van der Waals surface area contributed by atoms with E-state index in [0.29, 0.717) is 6.54 Å². The number of rotatable bonds is 2. The van der Waals surface area contributed by atoms with Crippen molar-refractivity contribution < 1.29 is 9.21 Å². The lowest BCUT2D eigenvalue weighted by atomic mass is 10.4. The number of nitrogens with two attached hydrogens (primary N) is 1. The van der Waals surface area contributed by atoms with Gasteiger partial charge in [0.2, 0.25) is 0 Å². The Labute approximate surface area is 64.4 Å². The normalized spacial score (nSPS) is 9.55. The van der Waals surface area contributed by atoms with Gasteiger partial charge in [-0.25, -0.2) is 0 Å². The van der Waals surface area contributed by atoms with Crippen LogP contribution in [-0.2, 0) is 0 Å². The van der Waals surface area contributed by atoms with Gasteiger partial charge in [-0.3, -0.25) is 4.79 Å². The van der Waals surface area contributed by atoms with Gasteiger partial charge in [-0.1, -0.05) is 0 Å². The number of hydrogen-bond acceptors (Lipinski definition) is 3. The van der Waals surface area contributed by atoms with Gasteiger partial charge in [0.25, 0.3) is 5.91 Å². The van der Waals surface area contributed by atoms with E-state index in [4.69, 9.17) is 10.2 Å². The van der Waals surface area contributed by atoms with Crippen LogP contribution in [0.3, 0.4) is 0 Å². The zero-order chi connectivity index (χ0) is 8.27. The Balaban J connectivity index is 2.69. The van der Waals surface area contributed by atoms with Gasteiger partial charge < -0.3 is 15.5 Å². The second-order valence-electron chi connectivity index (χ2n) is 2.06. The molecule has 1 aromatic heterocycles. The monoisotopic (exact) mass is 154 g/mol. The number of carbonyl (C=O) groups is 1. The maximum atomic E-state index is 11.0. The number of nitrogens with one attached hydrogen (secondary N) is 1. The molecule has 0 unspecified atom stereocenters. The average molecular weight is 154 g/mol. The van der Waals surface area contributed by atoms with E-state index in [2.05, 4.69) is 5.32 Å². The first-order valence-electron chi connectivity index (χ1n) is 3.37. The number of carbonyl (C=O) groups excluding carboxylic acids is 1. The molecule has 0 aliphatic rings. The van der Waals surface area contributed by atoms with Crippen molar-refractivity contribution in [2.75, 3.05) is 12.3 Å². The largest absolute Gasteiger partial charge is 0.436 e. The summed E-state index contributed by atoms with van der Waals surface area (Å²) in [5.74, 6) is 0.278. The number of anilines is 1. The topological polar surface area (TPSA) is 68.3 Å². The molecule has 1 rings (SSSR count). The third-order valence-corrected chi connectivity index (χ3v) is 1.19. The summed E-state index contributed by atoms with van der Waals surface area (Å²) in [6.45, 7) is 2.42. The quantitative estimate of drug-likeness (QED) is 0.655. The zero-order valence-corrected chi connectivity index (χ0v) is 6.26. The molecule has 0 aliphatic heterocycles. The summed E-state index contributed by atoms with van der Waals surface area (Å²) in [5, 5.41) is 2.59. The maximum absolute atomic E-state index is 11.0. The highest BCUT2D eigenvalue weighted by molar-refractivity contribution is 5.91. The van der Waals surface area contributed by atoms with Crippen molar-refractivity contribution in [3.05, 3.63) is 17.9 Å². The summed E-state index contributed by atoms with van der Waals surface area (Å²) >= 11 is 0. The van der Waals surface area contributed by atoms with E-state index in [1.165, 1.54) is 0 Å². The standard InChI is InChI=1S/C7H10N2O2/c1-2-9-7(10)5-3-4-6(8)11-5/h3-4H,2,8H2,1H3,(H,9,10). The number of nitrogen functional groups attached to an aromatic ring is 1. The summed E-state index contributed by atoms with van der Waals surface area (Å²) < 4.78 is 4.86. The van der Waals surface area contributed by atoms with Crippen LogP contribution in [0.2, 0.25) is 0 Å². The Morgan fingerprint density at radius 2 is 2.45 bits per heavy atom. The molecular weight excluding hydrogens is 144 g/mol. The van der Waals surface area contributed by atoms with Gasteiger partial charge >= 0.3 is 0 Å². The SMILES string of the molecule is CCNC(=O)c1ccc(N)o1. The number of furan rings is 1. The molecule has 0 spiro atoms. The molecule has 0 radical (unpaired) electrons. The summed E-state index contributed by atoms with van der Waals surface area (Å²) in [5.41, 5.74) is 5.27. The maximum Gasteiger partial charge on any atom is 0.287 e. The van der Waals surface area contributed by atoms with Crippen LogP contribution in [0.25, 0.3) is 0 Å². The molecule has 1 aromatic rings. The molecule has 0 saturated heterocycles. The van der Waals surface area contributed by atoms with Crippen LogP contribution in [0, 0.1) is 0 Å². The Morgan fingerprint density at radius 1 is 1.73 bits per heavy atom. The minimum Gasteiger partial charge on any atom is -0.436 e. The van der Waals surface area contributed by atoms with Crippen LogP contribution in [0.5, 0.6) is 0 Å². The Hall–Kier alpha value is -1.45. The number of amides is 1. The van der Waals surface area contributed by atoms with Gasteiger partial charge in [-0.05, 0) is 13.0 Å². The minimum atomic E-state index is -0.232. The van der Waals surface area contributed by atoms with E-state index >= 15 is 0 Å². The lowest BCUT2D eigenvalue weighted by Gasteiger charge is -1.95. The molecule has 0 fully saturated rings. The molecule has 4 heteroatoms. The average Bonchev–Trinajstić information content (AvgIpc) is 2.36. The van der Waals surface area contributed by atoms with Crippen molar-refractivity contribution in [1.82, 2.24) is 5.32 Å². The fourth-order valence-corrected chi connectivity index (χ4v) is 0.723. The Bertz CT molecular complexity index is 255. The van der Waals surface area contributed by atoms with Gasteiger partial charge in [-0.2, -0.15) is 0 Å². The molecule has 1 amide bonds. The first-order valence-corrected chi connectivity index (χ1v) is 3.37. The smallest absolute Gasteiger partial charge is 0.287 e. The van der Waals surface area contributed by atoms with E-state index in [-0.39, 0.29) is 17.6 Å². The Kier molecular flexibility index (Phi) is 2.15. The Morgan fingerprint density at radius 3 is 2.91 bits per heavy atom. The van der Waals surface area contributed by atoms with Gasteiger partial charge in [0.05, 0.1) is 0 Å². The van der Waals surface area contributed by atoms with E-state index in [0.717, 1.165) is 0 Å². The molecule has 0 aromatic carbocycles. The fourth-order valence-electron chi connectivity index (χ4n) is 0.723. The van der Waals surface area contributed by atoms with Crippen LogP contribution in [-0.4, -0.2) is 12.5 Å². The second-order valence-corrected chi connectivity index (χ2v) is 2.06. The van der Waals surface area contributed by atoms with Crippen molar-refractivity contribution >= 4 is 11.8 Å². The highest BCUT2D eigenvalue weighted by Crippen LogP contribution is 2.08. The molecule has 11 heavy (non-hydrogen) atoms. The summed E-state index contributed by atoms with van der Waals surface area (Å²) in [4.78, 5) is 11.0. The highest BCUT2D eigenvalue weighted by Gasteiger charge is 2.07. The van der Waals surface area contributed by atoms with Gasteiger partial charge in [0.15, 0.2) is 11.6 Å². The first-order chi connectivity index (χ1) is 5.24. The molecule has 3 N–H and O–H groups in total. The van der Waals surface area contributed by atoms with Crippen LogP contribution in [0.15, 0.2) is 16.5 Å². The lowest BCUT2D eigenvalue weighted by molar-refractivity contribution is 0.0929. The predicted molar refractivity (Wildman–Crippen MR) is 41.1 cm³/mol. The third kappa shape index (κ3) is 1.73.